The fraction of sp³-hybridized carbons (Fsp3) is 0.400. The summed E-state index contributed by atoms with van der Waals surface area (Å²) in [5.74, 6) is 2.41. The summed E-state index contributed by atoms with van der Waals surface area (Å²) < 4.78 is 11.5. The van der Waals surface area contributed by atoms with Gasteiger partial charge in [0.2, 0.25) is 11.0 Å². The highest BCUT2D eigenvalue weighted by molar-refractivity contribution is 8.01. The second-order valence-electron chi connectivity index (χ2n) is 4.48. The van der Waals surface area contributed by atoms with E-state index in [9.17, 15) is 4.79 Å². The minimum Gasteiger partial charge on any atom is -0.497 e. The van der Waals surface area contributed by atoms with Gasteiger partial charge in [0, 0.05) is 6.42 Å². The number of nitrogens with zero attached hydrogens (tertiary/aromatic N) is 2. The molecule has 124 valence electrons. The largest absolute Gasteiger partial charge is 0.497 e. The van der Waals surface area contributed by atoms with Gasteiger partial charge in [-0.3, -0.25) is 4.79 Å². The number of thioether (sulfide) groups is 1. The van der Waals surface area contributed by atoms with Crippen LogP contribution in [-0.4, -0.2) is 35.6 Å². The fourth-order valence-electron chi connectivity index (χ4n) is 1.72. The predicted octanol–water partition coefficient (Wildman–Crippen LogP) is 3.46. The number of hydrogen-bond acceptors (Lipinski definition) is 7. The first-order valence-electron chi connectivity index (χ1n) is 7.24. The monoisotopic (exact) mass is 353 g/mol. The molecule has 1 aromatic carbocycles. The van der Waals surface area contributed by atoms with E-state index in [-0.39, 0.29) is 5.91 Å². The summed E-state index contributed by atoms with van der Waals surface area (Å²) in [5.41, 5.74) is 0. The van der Waals surface area contributed by atoms with Crippen molar-refractivity contribution < 1.29 is 14.3 Å². The molecular formula is C15H19N3O3S2. The molecule has 1 aromatic heterocycles. The molecule has 2 rings (SSSR count). The van der Waals surface area contributed by atoms with Crippen molar-refractivity contribution in [2.24, 2.45) is 0 Å². The zero-order chi connectivity index (χ0) is 16.5. The third-order valence-electron chi connectivity index (χ3n) is 2.80. The van der Waals surface area contributed by atoms with Gasteiger partial charge >= 0.3 is 0 Å². The van der Waals surface area contributed by atoms with Crippen LogP contribution in [0.2, 0.25) is 0 Å². The van der Waals surface area contributed by atoms with Crippen molar-refractivity contribution in [2.45, 2.75) is 24.1 Å². The molecule has 0 radical (unpaired) electrons. The predicted molar refractivity (Wildman–Crippen MR) is 92.7 cm³/mol. The Bertz CT molecular complexity index is 617. The second-order valence-corrected chi connectivity index (χ2v) is 6.97. The van der Waals surface area contributed by atoms with Crippen LogP contribution in [0.15, 0.2) is 28.6 Å². The van der Waals surface area contributed by atoms with Crippen LogP contribution < -0.4 is 14.8 Å². The third kappa shape index (κ3) is 6.07. The molecule has 1 amide bonds. The van der Waals surface area contributed by atoms with Crippen molar-refractivity contribution in [3.8, 4) is 11.5 Å². The highest BCUT2D eigenvalue weighted by Crippen LogP contribution is 2.25. The number of rotatable bonds is 9. The van der Waals surface area contributed by atoms with Crippen molar-refractivity contribution in [1.29, 1.82) is 0 Å². The quantitative estimate of drug-likeness (QED) is 0.423. The molecule has 23 heavy (non-hydrogen) atoms. The van der Waals surface area contributed by atoms with Crippen LogP contribution in [0.25, 0.3) is 0 Å². The topological polar surface area (TPSA) is 73.3 Å². The van der Waals surface area contributed by atoms with Crippen molar-refractivity contribution in [1.82, 2.24) is 10.2 Å². The number of hydrogen-bond donors (Lipinski definition) is 1. The van der Waals surface area contributed by atoms with E-state index in [1.54, 1.807) is 18.9 Å². The number of benzene rings is 1. The number of aromatic nitrogens is 2. The van der Waals surface area contributed by atoms with Gasteiger partial charge in [0.05, 0.1) is 13.7 Å². The van der Waals surface area contributed by atoms with Crippen molar-refractivity contribution in [3.63, 3.8) is 0 Å². The zero-order valence-electron chi connectivity index (χ0n) is 13.1. The van der Waals surface area contributed by atoms with E-state index in [4.69, 9.17) is 9.47 Å². The summed E-state index contributed by atoms with van der Waals surface area (Å²) in [4.78, 5) is 11.8. The maximum atomic E-state index is 11.8. The summed E-state index contributed by atoms with van der Waals surface area (Å²) in [5, 5.41) is 11.2. The Morgan fingerprint density at radius 2 is 2.00 bits per heavy atom. The molecule has 0 aliphatic heterocycles. The molecule has 6 nitrogen and oxygen atoms in total. The summed E-state index contributed by atoms with van der Waals surface area (Å²) >= 11 is 3.00. The molecule has 8 heteroatoms. The van der Waals surface area contributed by atoms with Gasteiger partial charge in [0.1, 0.15) is 11.5 Å². The normalized spacial score (nSPS) is 10.3. The lowest BCUT2D eigenvalue weighted by Gasteiger charge is -2.06. The lowest BCUT2D eigenvalue weighted by Crippen LogP contribution is -2.12. The molecule has 0 aliphatic carbocycles. The number of ether oxygens (including phenoxy) is 2. The van der Waals surface area contributed by atoms with E-state index in [1.807, 2.05) is 31.2 Å². The maximum Gasteiger partial charge on any atom is 0.226 e. The molecule has 0 aliphatic rings. The average molecular weight is 353 g/mol. The van der Waals surface area contributed by atoms with Gasteiger partial charge in [0.15, 0.2) is 4.34 Å². The van der Waals surface area contributed by atoms with Crippen LogP contribution in [0.5, 0.6) is 11.5 Å². The third-order valence-corrected chi connectivity index (χ3v) is 4.65. The summed E-state index contributed by atoms with van der Waals surface area (Å²) in [6.07, 6.45) is 1.01. The van der Waals surface area contributed by atoms with Crippen LogP contribution in [0.4, 0.5) is 5.13 Å². The van der Waals surface area contributed by atoms with Crippen LogP contribution in [-0.2, 0) is 4.79 Å². The van der Waals surface area contributed by atoms with Crippen LogP contribution in [0.3, 0.4) is 0 Å². The molecule has 0 fully saturated rings. The summed E-state index contributed by atoms with van der Waals surface area (Å²) in [6, 6.07) is 7.35. The highest BCUT2D eigenvalue weighted by atomic mass is 32.2. The Kier molecular flexibility index (Phi) is 7.15. The van der Waals surface area contributed by atoms with Gasteiger partial charge in [-0.25, -0.2) is 0 Å². The Morgan fingerprint density at radius 3 is 2.70 bits per heavy atom. The molecule has 1 heterocycles. The van der Waals surface area contributed by atoms with Gasteiger partial charge in [-0.05, 0) is 36.4 Å². The van der Waals surface area contributed by atoms with E-state index < -0.39 is 0 Å². The van der Waals surface area contributed by atoms with Crippen LogP contribution in [0.1, 0.15) is 19.8 Å². The summed E-state index contributed by atoms with van der Waals surface area (Å²) in [6.45, 7) is 2.53. The van der Waals surface area contributed by atoms with Gasteiger partial charge < -0.3 is 14.8 Å². The number of carbonyl (C=O) groups is 1. The lowest BCUT2D eigenvalue weighted by atomic mass is 10.3. The smallest absolute Gasteiger partial charge is 0.226 e. The Hall–Kier alpha value is -1.80. The first-order valence-corrected chi connectivity index (χ1v) is 9.04. The van der Waals surface area contributed by atoms with E-state index >= 15 is 0 Å². The molecule has 0 bridgehead atoms. The molecule has 0 spiro atoms. The lowest BCUT2D eigenvalue weighted by molar-refractivity contribution is -0.116. The number of carbonyl (C=O) groups excluding carboxylic acids is 1. The molecule has 0 atom stereocenters. The van der Waals surface area contributed by atoms with E-state index in [0.717, 1.165) is 21.6 Å². The number of nitrogens with one attached hydrogen (secondary N) is 1. The van der Waals surface area contributed by atoms with Gasteiger partial charge in [0.25, 0.3) is 0 Å². The van der Waals surface area contributed by atoms with Crippen LogP contribution in [0, 0.1) is 0 Å². The Morgan fingerprint density at radius 1 is 1.26 bits per heavy atom. The van der Waals surface area contributed by atoms with E-state index in [1.165, 1.54) is 11.3 Å². The van der Waals surface area contributed by atoms with Crippen LogP contribution >= 0.6 is 23.1 Å². The number of amides is 1. The maximum absolute atomic E-state index is 11.8. The average Bonchev–Trinajstić information content (AvgIpc) is 2.99. The van der Waals surface area contributed by atoms with Gasteiger partial charge in [-0.15, -0.1) is 10.2 Å². The highest BCUT2D eigenvalue weighted by Gasteiger charge is 2.08. The van der Waals surface area contributed by atoms with E-state index in [2.05, 4.69) is 15.5 Å². The van der Waals surface area contributed by atoms with Crippen molar-refractivity contribution in [3.05, 3.63) is 24.3 Å². The minimum absolute atomic E-state index is 0.0764. The number of anilines is 1. The molecule has 0 saturated heterocycles. The zero-order valence-corrected chi connectivity index (χ0v) is 14.7. The molecule has 2 aromatic rings. The molecular weight excluding hydrogens is 334 g/mol. The van der Waals surface area contributed by atoms with Gasteiger partial charge in [-0.1, -0.05) is 30.0 Å². The van der Waals surface area contributed by atoms with Crippen molar-refractivity contribution in [2.75, 3.05) is 24.8 Å². The molecule has 0 unspecified atom stereocenters. The standard InChI is InChI=1S/C15H19N3O3S2/c1-3-22-15-18-17-14(23-15)16-13(19)5-4-10-21-12-8-6-11(20-2)7-9-12/h6-9H,3-5,10H2,1-2H3,(H,16,17,19). The first-order chi connectivity index (χ1) is 11.2. The fourth-order valence-corrected chi connectivity index (χ4v) is 3.38. The summed E-state index contributed by atoms with van der Waals surface area (Å²) in [7, 11) is 1.62. The first kappa shape index (κ1) is 17.6. The Labute approximate surface area is 143 Å². The molecule has 0 saturated carbocycles. The Balaban J connectivity index is 1.65. The number of methoxy groups -OCH3 is 1. The van der Waals surface area contributed by atoms with E-state index in [0.29, 0.717) is 24.6 Å². The van der Waals surface area contributed by atoms with Gasteiger partial charge in [-0.2, -0.15) is 0 Å². The minimum atomic E-state index is -0.0764. The SMILES string of the molecule is CCSc1nnc(NC(=O)CCCOc2ccc(OC)cc2)s1. The molecule has 1 N–H and O–H groups in total. The van der Waals surface area contributed by atoms with Crippen molar-refractivity contribution >= 4 is 34.1 Å². The second kappa shape index (κ2) is 9.36.